The number of hydrogen-bond acceptors (Lipinski definition) is 24. The number of cyclic esters (lactones) is 1. The monoisotopic (exact) mass is 1740 g/mol. The van der Waals surface area contributed by atoms with Crippen LogP contribution in [0.25, 0.3) is 10.9 Å². The normalized spacial score (nSPS) is 22.4. The number of carboxylic acids is 4. The Kier molecular flexibility index (Phi) is 39.1. The third-order valence-electron chi connectivity index (χ3n) is 20.8. The maximum atomic E-state index is 14.9. The second-order valence-corrected chi connectivity index (χ2v) is 30.5. The average molecular weight is 1740 g/mol. The lowest BCUT2D eigenvalue weighted by Gasteiger charge is -2.30. The van der Waals surface area contributed by atoms with Crippen molar-refractivity contribution in [3.63, 3.8) is 0 Å². The highest BCUT2D eigenvalue weighted by Gasteiger charge is 2.42. The van der Waals surface area contributed by atoms with Crippen LogP contribution in [0.4, 0.5) is 5.69 Å². The number of aliphatic carboxylic acids is 4. The number of aromatic nitrogens is 1. The molecule has 14 amide bonds. The van der Waals surface area contributed by atoms with Crippen LogP contribution in [-0.2, 0) is 97.5 Å². The van der Waals surface area contributed by atoms with Crippen LogP contribution in [0.2, 0.25) is 0 Å². The molecule has 0 unspecified atom stereocenters. The van der Waals surface area contributed by atoms with Crippen molar-refractivity contribution in [2.75, 3.05) is 32.0 Å². The number of primary amides is 1. The first-order chi connectivity index (χ1) is 58.8. The highest BCUT2D eigenvalue weighted by atomic mass is 16.5. The number of ether oxygens (including phenoxy) is 1. The van der Waals surface area contributed by atoms with Crippen molar-refractivity contribution < 1.29 is 126 Å². The Morgan fingerprint density at radius 1 is 0.540 bits per heavy atom. The predicted octanol–water partition coefficient (Wildman–Crippen LogP) is -3.20. The number of para-hydroxylation sites is 2. The van der Waals surface area contributed by atoms with Crippen molar-refractivity contribution in [1.82, 2.24) is 74.1 Å². The van der Waals surface area contributed by atoms with Gasteiger partial charge in [0.05, 0.1) is 51.8 Å². The standard InChI is InChI=1S/C81H109N17O26/c1-5-6-7-8-14-43-20-22-44(23-21-43)45-24-26-46(27-25-45)71(113)92-53(30-47-36-85-51-18-12-10-15-48(47)51)75(117)93-54(32-61(84)101)76(118)95-57(35-67(110)111)77(119)98-69-42(4)124-81(123)58(31-60(100)49-16-9-11-17-50(49)83)96-80(122)68(40(2)29-64(104)105)97-78(120)59(39-99)90-63(103)37-86-72(114)55(33-65(106)107)91-70(112)41(3)88-74(116)56(34-66(108)109)94-73(115)52(19-13-28-82)89-62(102)38-87-79(69)121/h9-12,15-18,24-27,36,40-44,52-59,68-69,85,99H,5-8,13-14,19-23,28-35,37-39,82-83H2,1-4H3,(H2,84,101)(H,86,114)(H,87,121)(H,88,116)(H,89,102)(H,90,103)(H,91,112)(H,92,113)(H,93,117)(H,94,115)(H,95,118)(H,96,122)(H,97,120)(H,98,119)(H,104,105)(H,106,107)(H,108,109)(H,110,111)/t40-,41-,42-,43?,44?,52+,53+,54-,55+,56+,57+,58+,59-,68+,69+/m1/s1. The zero-order chi connectivity index (χ0) is 91.6. The van der Waals surface area contributed by atoms with E-state index in [2.05, 4.69) is 65.1 Å². The summed E-state index contributed by atoms with van der Waals surface area (Å²) in [4.78, 5) is 279. The first kappa shape index (κ1) is 99.3. The molecule has 1 aliphatic heterocycles. The number of aromatic amines is 1. The van der Waals surface area contributed by atoms with Gasteiger partial charge in [0.25, 0.3) is 5.91 Å². The first-order valence-corrected chi connectivity index (χ1v) is 40.4. The van der Waals surface area contributed by atoms with Crippen LogP contribution >= 0.6 is 0 Å². The largest absolute Gasteiger partial charge is 0.481 e. The predicted molar refractivity (Wildman–Crippen MR) is 437 cm³/mol. The van der Waals surface area contributed by atoms with Crippen LogP contribution in [0.1, 0.15) is 175 Å². The van der Waals surface area contributed by atoms with Crippen molar-refractivity contribution in [3.05, 3.63) is 101 Å². The molecule has 1 saturated heterocycles. The fourth-order valence-corrected chi connectivity index (χ4v) is 14.0. The van der Waals surface area contributed by atoms with E-state index in [-0.39, 0.29) is 42.1 Å². The third kappa shape index (κ3) is 31.5. The second kappa shape index (κ2) is 48.8. The number of hydrogen-bond donors (Lipinski definition) is 22. The Hall–Kier alpha value is -13.5. The number of Topliss-reactive ketones (excluding diaryl/α,β-unsaturated/α-hetero) is 1. The fraction of sp³-hybridized carbons (Fsp3) is 0.506. The molecule has 2 heterocycles. The number of nitrogens with two attached hydrogens (primary N) is 3. The lowest BCUT2D eigenvalue weighted by atomic mass is 9.77. The molecule has 674 valence electrons. The van der Waals surface area contributed by atoms with Gasteiger partial charge in [-0.2, -0.15) is 0 Å². The number of carbonyl (C=O) groups excluding carboxylic acids is 16. The summed E-state index contributed by atoms with van der Waals surface area (Å²) in [6.07, 6.45) is 1.54. The number of aliphatic hydroxyl groups is 1. The molecule has 43 nitrogen and oxygen atoms in total. The summed E-state index contributed by atoms with van der Waals surface area (Å²) in [6, 6.07) is -3.82. The van der Waals surface area contributed by atoms with Crippen molar-refractivity contribution in [2.24, 2.45) is 23.3 Å². The van der Waals surface area contributed by atoms with Gasteiger partial charge in [-0.15, -0.1) is 0 Å². The summed E-state index contributed by atoms with van der Waals surface area (Å²) in [5.41, 5.74) is 19.3. The molecule has 0 spiro atoms. The molecule has 124 heavy (non-hydrogen) atoms. The highest BCUT2D eigenvalue weighted by molar-refractivity contribution is 6.06. The molecule has 3 aromatic carbocycles. The Bertz CT molecular complexity index is 4550. The smallest absolute Gasteiger partial charge is 0.329 e. The summed E-state index contributed by atoms with van der Waals surface area (Å²) in [5.74, 6) is -29.1. The van der Waals surface area contributed by atoms with E-state index in [1.165, 1.54) is 49.9 Å². The van der Waals surface area contributed by atoms with Crippen molar-refractivity contribution >= 4 is 135 Å². The number of nitrogen functional groups attached to an aromatic ring is 1. The summed E-state index contributed by atoms with van der Waals surface area (Å²) in [6.45, 7) is 1.21. The van der Waals surface area contributed by atoms with E-state index in [4.69, 9.17) is 21.9 Å². The quantitative estimate of drug-likeness (QED) is 0.00947. The van der Waals surface area contributed by atoms with E-state index in [0.717, 1.165) is 58.4 Å². The molecular formula is C81H109N17O26. The van der Waals surface area contributed by atoms with E-state index in [1.807, 2.05) is 28.1 Å². The first-order valence-electron chi connectivity index (χ1n) is 40.4. The topological polar surface area (TPSA) is 702 Å². The molecule has 13 atom stereocenters. The van der Waals surface area contributed by atoms with Gasteiger partial charge in [0.2, 0.25) is 76.8 Å². The van der Waals surface area contributed by atoms with Gasteiger partial charge in [0.15, 0.2) is 5.78 Å². The number of amides is 14. The molecule has 1 aromatic heterocycles. The zero-order valence-corrected chi connectivity index (χ0v) is 68.8. The number of benzene rings is 3. The number of aliphatic hydroxyl groups excluding tert-OH is 1. The number of fused-ring (bicyclic) bond motifs is 1. The number of ketones is 1. The average Bonchev–Trinajstić information content (AvgIpc) is 1.64. The molecule has 2 fully saturated rings. The number of carboxylic acid groups (broad SMARTS) is 4. The Morgan fingerprint density at radius 2 is 1.10 bits per heavy atom. The molecular weight excluding hydrogens is 1630 g/mol. The third-order valence-corrected chi connectivity index (χ3v) is 20.8. The second-order valence-electron chi connectivity index (χ2n) is 30.5. The summed E-state index contributed by atoms with van der Waals surface area (Å²) < 4.78 is 5.71. The summed E-state index contributed by atoms with van der Waals surface area (Å²) >= 11 is 0. The van der Waals surface area contributed by atoms with Gasteiger partial charge < -0.3 is 122 Å². The van der Waals surface area contributed by atoms with E-state index in [9.17, 15) is 121 Å². The number of nitrogens with one attached hydrogen (secondary N) is 14. The van der Waals surface area contributed by atoms with E-state index in [0.29, 0.717) is 22.4 Å². The maximum Gasteiger partial charge on any atom is 0.329 e. The number of H-pyrrole nitrogens is 1. The molecule has 1 saturated carbocycles. The van der Waals surface area contributed by atoms with Crippen LogP contribution in [0, 0.1) is 11.8 Å². The molecule has 43 heteroatoms. The zero-order valence-electron chi connectivity index (χ0n) is 68.8. The van der Waals surface area contributed by atoms with Gasteiger partial charge in [-0.25, -0.2) is 4.79 Å². The Labute approximate surface area is 710 Å². The van der Waals surface area contributed by atoms with Crippen LogP contribution < -0.4 is 86.3 Å². The minimum absolute atomic E-state index is 0.0975. The van der Waals surface area contributed by atoms with Crippen molar-refractivity contribution in [3.8, 4) is 0 Å². The van der Waals surface area contributed by atoms with Crippen LogP contribution in [-0.4, -0.2) is 248 Å². The molecule has 1 aliphatic carbocycles. The van der Waals surface area contributed by atoms with Gasteiger partial charge in [-0.3, -0.25) is 91.1 Å². The minimum atomic E-state index is -2.46. The van der Waals surface area contributed by atoms with E-state index < -0.39 is 261 Å². The molecule has 6 rings (SSSR count). The molecule has 0 radical (unpaired) electrons. The van der Waals surface area contributed by atoms with Gasteiger partial charge in [-0.05, 0) is 118 Å². The number of rotatable bonds is 34. The van der Waals surface area contributed by atoms with Gasteiger partial charge in [-0.1, -0.05) is 88.4 Å². The summed E-state index contributed by atoms with van der Waals surface area (Å²) in [7, 11) is 0. The number of carbonyl (C=O) groups is 20. The van der Waals surface area contributed by atoms with Crippen LogP contribution in [0.5, 0.6) is 0 Å². The number of unbranched alkanes of at least 4 members (excludes halogenated alkanes) is 3. The fourth-order valence-electron chi connectivity index (χ4n) is 14.0. The Balaban J connectivity index is 1.38. The minimum Gasteiger partial charge on any atom is -0.481 e. The van der Waals surface area contributed by atoms with Crippen LogP contribution in [0.15, 0.2) is 79.0 Å². The van der Waals surface area contributed by atoms with Crippen molar-refractivity contribution in [2.45, 2.75) is 222 Å². The lowest BCUT2D eigenvalue weighted by molar-refractivity contribution is -0.156. The van der Waals surface area contributed by atoms with Crippen molar-refractivity contribution in [1.29, 1.82) is 0 Å². The maximum absolute atomic E-state index is 14.9. The highest BCUT2D eigenvalue weighted by Crippen LogP contribution is 2.38. The lowest BCUT2D eigenvalue weighted by Crippen LogP contribution is -2.62. The Morgan fingerprint density at radius 3 is 1.71 bits per heavy atom. The van der Waals surface area contributed by atoms with Gasteiger partial charge in [0.1, 0.15) is 72.6 Å². The molecule has 2 aliphatic rings. The summed E-state index contributed by atoms with van der Waals surface area (Å²) in [5, 5.41) is 79.0. The SMILES string of the molecule is CCCCCCC1CCC(c2ccc(C(=O)N[C@@H](Cc3c[nH]c4ccccc34)C(=O)N[C@H](CC(N)=O)C(=O)N[C@@H](CC(=O)O)C(=O)N[C@@H]3C(=O)NCC(=O)N[C@@H](CCCN)C(=O)N[C@@H](CC(=O)O)C(=O)N[C@H](C)C(=O)N[C@@H](CC(=O)O)C(=O)NCC(=O)N[C@H](CO)C(=O)N[C@@H]([C@H](C)CC(=O)O)C(=O)N[C@@H](CC(=O)c4ccccc4N)C(=O)O[C@@H]3C)cc2)CC1. The van der Waals surface area contributed by atoms with E-state index in [1.54, 1.807) is 42.6 Å². The molecule has 0 bridgehead atoms. The van der Waals surface area contributed by atoms with E-state index >= 15 is 0 Å². The van der Waals surface area contributed by atoms with Crippen LogP contribution in [0.3, 0.4) is 0 Å². The molecule has 4 aromatic rings. The van der Waals surface area contributed by atoms with Gasteiger partial charge in [0, 0.05) is 46.8 Å². The number of anilines is 1. The van der Waals surface area contributed by atoms with Gasteiger partial charge >= 0.3 is 29.8 Å². The molecule has 25 N–H and O–H groups in total. The number of esters is 1.